The third-order valence-electron chi connectivity index (χ3n) is 2.82. The van der Waals surface area contributed by atoms with E-state index in [-0.39, 0.29) is 12.4 Å². The summed E-state index contributed by atoms with van der Waals surface area (Å²) in [5.74, 6) is 0.893. The maximum atomic E-state index is 5.98. The molecule has 0 bridgehead atoms. The Bertz CT molecular complexity index is 561. The summed E-state index contributed by atoms with van der Waals surface area (Å²) < 4.78 is 5.30. The van der Waals surface area contributed by atoms with E-state index in [9.17, 15) is 0 Å². The molecule has 5 heteroatoms. The van der Waals surface area contributed by atoms with E-state index in [1.54, 1.807) is 7.11 Å². The Morgan fingerprint density at radius 2 is 1.75 bits per heavy atom. The van der Waals surface area contributed by atoms with Gasteiger partial charge < -0.3 is 10.1 Å². The topological polar surface area (TPSA) is 21.3 Å². The van der Waals surface area contributed by atoms with E-state index in [0.29, 0.717) is 10.0 Å². The molecule has 0 atom stereocenters. The van der Waals surface area contributed by atoms with Gasteiger partial charge in [-0.2, -0.15) is 0 Å². The zero-order chi connectivity index (χ0) is 13.7. The molecule has 0 amide bonds. The van der Waals surface area contributed by atoms with Crippen LogP contribution in [-0.2, 0) is 13.1 Å². The second-order valence-corrected chi connectivity index (χ2v) is 4.98. The monoisotopic (exact) mass is 331 g/mol. The van der Waals surface area contributed by atoms with Gasteiger partial charge in [0.05, 0.1) is 17.2 Å². The number of methoxy groups -OCH3 is 1. The lowest BCUT2D eigenvalue weighted by molar-refractivity contribution is 0.407. The van der Waals surface area contributed by atoms with Gasteiger partial charge in [-0.1, -0.05) is 47.5 Å². The molecule has 108 valence electrons. The highest BCUT2D eigenvalue weighted by Gasteiger charge is 2.02. The molecule has 0 heterocycles. The van der Waals surface area contributed by atoms with Gasteiger partial charge >= 0.3 is 0 Å². The van der Waals surface area contributed by atoms with Crippen LogP contribution >= 0.6 is 35.6 Å². The molecule has 0 saturated carbocycles. The lowest BCUT2D eigenvalue weighted by Gasteiger charge is -2.09. The fourth-order valence-corrected chi connectivity index (χ4v) is 2.16. The number of hydrogen-bond donors (Lipinski definition) is 1. The van der Waals surface area contributed by atoms with Crippen molar-refractivity contribution in [3.05, 3.63) is 63.6 Å². The van der Waals surface area contributed by atoms with Gasteiger partial charge in [-0.15, -0.1) is 12.4 Å². The van der Waals surface area contributed by atoms with Crippen molar-refractivity contribution in [2.24, 2.45) is 0 Å². The molecule has 0 unspecified atom stereocenters. The van der Waals surface area contributed by atoms with E-state index in [2.05, 4.69) is 5.32 Å². The van der Waals surface area contributed by atoms with E-state index in [1.165, 1.54) is 0 Å². The molecule has 0 spiro atoms. The first kappa shape index (κ1) is 17.1. The molecular formula is C15H16Cl3NO. The standard InChI is InChI=1S/C15H15Cl2NO.ClH/c1-19-15-5-3-2-4-12(15)10-18-9-11-6-7-13(16)14(17)8-11;/h2-8,18H,9-10H2,1H3;1H. The van der Waals surface area contributed by atoms with Crippen LogP contribution in [0.5, 0.6) is 5.75 Å². The van der Waals surface area contributed by atoms with Crippen molar-refractivity contribution < 1.29 is 4.74 Å². The van der Waals surface area contributed by atoms with Gasteiger partial charge in [0, 0.05) is 18.7 Å². The zero-order valence-electron chi connectivity index (χ0n) is 11.0. The van der Waals surface area contributed by atoms with Gasteiger partial charge in [0.25, 0.3) is 0 Å². The Kier molecular flexibility index (Phi) is 7.17. The van der Waals surface area contributed by atoms with Gasteiger partial charge in [0.2, 0.25) is 0 Å². The Balaban J connectivity index is 0.00000200. The molecular weight excluding hydrogens is 317 g/mol. The highest BCUT2D eigenvalue weighted by molar-refractivity contribution is 6.42. The second kappa shape index (κ2) is 8.38. The zero-order valence-corrected chi connectivity index (χ0v) is 13.4. The number of hydrogen-bond acceptors (Lipinski definition) is 2. The lowest BCUT2D eigenvalue weighted by atomic mass is 10.2. The van der Waals surface area contributed by atoms with Crippen molar-refractivity contribution in [3.63, 3.8) is 0 Å². The number of para-hydroxylation sites is 1. The molecule has 2 aromatic carbocycles. The van der Waals surface area contributed by atoms with Gasteiger partial charge in [0.15, 0.2) is 0 Å². The molecule has 0 fully saturated rings. The Morgan fingerprint density at radius 1 is 1.00 bits per heavy atom. The molecule has 1 N–H and O–H groups in total. The van der Waals surface area contributed by atoms with Crippen molar-refractivity contribution in [1.29, 1.82) is 0 Å². The van der Waals surface area contributed by atoms with E-state index in [1.807, 2.05) is 42.5 Å². The summed E-state index contributed by atoms with van der Waals surface area (Å²) in [5, 5.41) is 4.52. The van der Waals surface area contributed by atoms with E-state index >= 15 is 0 Å². The van der Waals surface area contributed by atoms with Crippen LogP contribution in [-0.4, -0.2) is 7.11 Å². The smallest absolute Gasteiger partial charge is 0.123 e. The number of nitrogens with one attached hydrogen (secondary N) is 1. The van der Waals surface area contributed by atoms with E-state index < -0.39 is 0 Å². The van der Waals surface area contributed by atoms with E-state index in [4.69, 9.17) is 27.9 Å². The Morgan fingerprint density at radius 3 is 2.45 bits per heavy atom. The first-order valence-corrected chi connectivity index (χ1v) is 6.73. The Labute approximate surface area is 135 Å². The largest absolute Gasteiger partial charge is 0.496 e. The number of benzene rings is 2. The summed E-state index contributed by atoms with van der Waals surface area (Å²) >= 11 is 11.9. The minimum atomic E-state index is 0. The Hall–Kier alpha value is -0.930. The fraction of sp³-hybridized carbons (Fsp3) is 0.200. The SMILES string of the molecule is COc1ccccc1CNCc1ccc(Cl)c(Cl)c1.Cl. The molecule has 0 aromatic heterocycles. The molecule has 0 aliphatic carbocycles. The van der Waals surface area contributed by atoms with Crippen LogP contribution in [0.25, 0.3) is 0 Å². The molecule has 0 aliphatic heterocycles. The fourth-order valence-electron chi connectivity index (χ4n) is 1.84. The van der Waals surface area contributed by atoms with Crippen molar-refractivity contribution in [1.82, 2.24) is 5.32 Å². The second-order valence-electron chi connectivity index (χ2n) is 4.16. The predicted molar refractivity (Wildman–Crippen MR) is 87.2 cm³/mol. The quantitative estimate of drug-likeness (QED) is 0.856. The first-order chi connectivity index (χ1) is 9.20. The van der Waals surface area contributed by atoms with Gasteiger partial charge in [-0.25, -0.2) is 0 Å². The molecule has 2 aromatic rings. The predicted octanol–water partition coefficient (Wildman–Crippen LogP) is 4.71. The highest BCUT2D eigenvalue weighted by Crippen LogP contribution is 2.22. The number of halogens is 3. The highest BCUT2D eigenvalue weighted by atomic mass is 35.5. The van der Waals surface area contributed by atoms with Crippen LogP contribution < -0.4 is 10.1 Å². The molecule has 0 saturated heterocycles. The van der Waals surface area contributed by atoms with Crippen molar-refractivity contribution in [2.75, 3.05) is 7.11 Å². The van der Waals surface area contributed by atoms with Crippen molar-refractivity contribution in [3.8, 4) is 5.75 Å². The summed E-state index contributed by atoms with van der Waals surface area (Å²) in [6.07, 6.45) is 0. The molecule has 0 aliphatic rings. The van der Waals surface area contributed by atoms with Crippen LogP contribution in [0.2, 0.25) is 10.0 Å². The average Bonchev–Trinajstić information content (AvgIpc) is 2.43. The normalized spacial score (nSPS) is 9.95. The third-order valence-corrected chi connectivity index (χ3v) is 3.56. The lowest BCUT2D eigenvalue weighted by Crippen LogP contribution is -2.13. The summed E-state index contributed by atoms with van der Waals surface area (Å²) in [5.41, 5.74) is 2.23. The minimum Gasteiger partial charge on any atom is -0.496 e. The summed E-state index contributed by atoms with van der Waals surface area (Å²) in [4.78, 5) is 0. The average molecular weight is 333 g/mol. The van der Waals surface area contributed by atoms with Crippen LogP contribution in [0.15, 0.2) is 42.5 Å². The van der Waals surface area contributed by atoms with Gasteiger partial charge in [-0.3, -0.25) is 0 Å². The van der Waals surface area contributed by atoms with Crippen molar-refractivity contribution in [2.45, 2.75) is 13.1 Å². The maximum absolute atomic E-state index is 5.98. The maximum Gasteiger partial charge on any atom is 0.123 e. The summed E-state index contributed by atoms with van der Waals surface area (Å²) in [6.45, 7) is 1.47. The van der Waals surface area contributed by atoms with Crippen LogP contribution in [0.3, 0.4) is 0 Å². The molecule has 0 radical (unpaired) electrons. The van der Waals surface area contributed by atoms with Crippen LogP contribution in [0.1, 0.15) is 11.1 Å². The number of ether oxygens (including phenoxy) is 1. The summed E-state index contributed by atoms with van der Waals surface area (Å²) in [7, 11) is 1.68. The van der Waals surface area contributed by atoms with E-state index in [0.717, 1.165) is 30.0 Å². The van der Waals surface area contributed by atoms with Gasteiger partial charge in [0.1, 0.15) is 5.75 Å². The first-order valence-electron chi connectivity index (χ1n) is 5.97. The third kappa shape index (κ3) is 4.57. The molecule has 2 rings (SSSR count). The van der Waals surface area contributed by atoms with Gasteiger partial charge in [-0.05, 0) is 23.8 Å². The minimum absolute atomic E-state index is 0. The van der Waals surface area contributed by atoms with Crippen LogP contribution in [0, 0.1) is 0 Å². The van der Waals surface area contributed by atoms with Crippen molar-refractivity contribution >= 4 is 35.6 Å². The van der Waals surface area contributed by atoms with Crippen LogP contribution in [0.4, 0.5) is 0 Å². The summed E-state index contributed by atoms with van der Waals surface area (Å²) in [6, 6.07) is 13.6. The molecule has 20 heavy (non-hydrogen) atoms. The molecule has 2 nitrogen and oxygen atoms in total. The number of rotatable bonds is 5.